The van der Waals surface area contributed by atoms with Gasteiger partial charge in [-0.15, -0.1) is 0 Å². The highest BCUT2D eigenvalue weighted by Crippen LogP contribution is 2.52. The van der Waals surface area contributed by atoms with Crippen LogP contribution in [0.4, 0.5) is 0 Å². The van der Waals surface area contributed by atoms with Gasteiger partial charge < -0.3 is 9.84 Å². The average molecular weight is 182 g/mol. The number of fused-ring (bicyclic) bond motifs is 1. The number of rotatable bonds is 0. The Balaban J connectivity index is 2.50. The number of carbonyl (C=O) groups is 1. The minimum atomic E-state index is -0.634. The van der Waals surface area contributed by atoms with Crippen molar-refractivity contribution in [1.29, 1.82) is 0 Å². The molecule has 0 spiro atoms. The lowest BCUT2D eigenvalue weighted by Gasteiger charge is -2.40. The van der Waals surface area contributed by atoms with Crippen LogP contribution in [-0.4, -0.2) is 23.8 Å². The first-order valence-electron chi connectivity index (χ1n) is 4.54. The van der Waals surface area contributed by atoms with Crippen LogP contribution in [0.3, 0.4) is 0 Å². The summed E-state index contributed by atoms with van der Waals surface area (Å²) in [6.07, 6.45) is 3.87. The number of hydrogen-bond donors (Lipinski definition) is 1. The number of aliphatic hydroxyl groups excluding tert-OH is 1. The van der Waals surface area contributed by atoms with Crippen LogP contribution >= 0.6 is 0 Å². The van der Waals surface area contributed by atoms with Crippen molar-refractivity contribution in [3.63, 3.8) is 0 Å². The molecular weight excluding hydrogens is 168 g/mol. The summed E-state index contributed by atoms with van der Waals surface area (Å²) in [6.45, 7) is 4.07. The molecule has 1 N–H and O–H groups in total. The Morgan fingerprint density at radius 2 is 2.31 bits per heavy atom. The maximum absolute atomic E-state index is 11.5. The molecule has 0 bridgehead atoms. The molecule has 1 aliphatic heterocycles. The van der Waals surface area contributed by atoms with Crippen LogP contribution in [0.15, 0.2) is 12.2 Å². The molecule has 2 rings (SSSR count). The first-order valence-corrected chi connectivity index (χ1v) is 4.54. The SMILES string of the molecule is CC12C=CCC(O)C1(C)COC2=O. The number of aliphatic hydroxyl groups is 1. The third-order valence-corrected chi connectivity index (χ3v) is 3.66. The molecule has 1 saturated heterocycles. The van der Waals surface area contributed by atoms with E-state index in [0.717, 1.165) is 0 Å². The number of cyclic esters (lactones) is 1. The Morgan fingerprint density at radius 1 is 1.62 bits per heavy atom. The molecule has 1 aliphatic carbocycles. The summed E-state index contributed by atoms with van der Waals surface area (Å²) >= 11 is 0. The first-order chi connectivity index (χ1) is 6.01. The van der Waals surface area contributed by atoms with Crippen molar-refractivity contribution < 1.29 is 14.6 Å². The van der Waals surface area contributed by atoms with Crippen LogP contribution < -0.4 is 0 Å². The van der Waals surface area contributed by atoms with Crippen molar-refractivity contribution in [2.45, 2.75) is 26.4 Å². The van der Waals surface area contributed by atoms with Crippen molar-refractivity contribution in [1.82, 2.24) is 0 Å². The predicted octanol–water partition coefficient (Wildman–Crippen LogP) is 0.877. The van der Waals surface area contributed by atoms with Gasteiger partial charge in [0.15, 0.2) is 0 Å². The quantitative estimate of drug-likeness (QED) is 0.447. The Bertz CT molecular complexity index is 284. The molecule has 13 heavy (non-hydrogen) atoms. The second-order valence-corrected chi connectivity index (χ2v) is 4.35. The molecule has 0 aromatic rings. The van der Waals surface area contributed by atoms with E-state index >= 15 is 0 Å². The van der Waals surface area contributed by atoms with E-state index < -0.39 is 16.9 Å². The van der Waals surface area contributed by atoms with Gasteiger partial charge in [0.25, 0.3) is 0 Å². The number of hydrogen-bond acceptors (Lipinski definition) is 3. The summed E-state index contributed by atoms with van der Waals surface area (Å²) in [7, 11) is 0. The lowest BCUT2D eigenvalue weighted by atomic mass is 9.61. The molecule has 3 nitrogen and oxygen atoms in total. The zero-order chi connectivity index (χ0) is 9.69. The van der Waals surface area contributed by atoms with Gasteiger partial charge in [-0.05, 0) is 13.3 Å². The second kappa shape index (κ2) is 2.35. The highest BCUT2D eigenvalue weighted by molar-refractivity contribution is 5.82. The van der Waals surface area contributed by atoms with Crippen molar-refractivity contribution in [3.8, 4) is 0 Å². The molecule has 0 saturated carbocycles. The third kappa shape index (κ3) is 0.854. The molecule has 0 aromatic heterocycles. The van der Waals surface area contributed by atoms with Crippen molar-refractivity contribution >= 4 is 5.97 Å². The van der Waals surface area contributed by atoms with Crippen LogP contribution in [0, 0.1) is 10.8 Å². The molecule has 0 aromatic carbocycles. The molecule has 1 heterocycles. The molecule has 2 aliphatic rings. The number of esters is 1. The maximum Gasteiger partial charge on any atom is 0.316 e. The summed E-state index contributed by atoms with van der Waals surface area (Å²) in [6, 6.07) is 0. The first kappa shape index (κ1) is 8.75. The van der Waals surface area contributed by atoms with E-state index in [2.05, 4.69) is 0 Å². The predicted molar refractivity (Wildman–Crippen MR) is 46.9 cm³/mol. The standard InChI is InChI=1S/C10H14O3/c1-9-5-3-4-7(11)10(9,2)6-13-8(9)12/h3,5,7,11H,4,6H2,1-2H3. The summed E-state index contributed by atoms with van der Waals surface area (Å²) in [5.74, 6) is -0.218. The topological polar surface area (TPSA) is 46.5 Å². The van der Waals surface area contributed by atoms with E-state index in [1.54, 1.807) is 0 Å². The summed E-state index contributed by atoms with van der Waals surface area (Å²) in [5.41, 5.74) is -1.08. The molecule has 3 heteroatoms. The average Bonchev–Trinajstić information content (AvgIpc) is 2.31. The Morgan fingerprint density at radius 3 is 2.92 bits per heavy atom. The summed E-state index contributed by atoms with van der Waals surface area (Å²) in [4.78, 5) is 11.5. The molecule has 1 fully saturated rings. The Kier molecular flexibility index (Phi) is 1.58. The number of carbonyl (C=O) groups excluding carboxylic acids is 1. The third-order valence-electron chi connectivity index (χ3n) is 3.66. The molecule has 3 unspecified atom stereocenters. The molecule has 0 amide bonds. The van der Waals surface area contributed by atoms with E-state index in [-0.39, 0.29) is 5.97 Å². The molecule has 3 atom stereocenters. The van der Waals surface area contributed by atoms with E-state index in [9.17, 15) is 9.90 Å². The lowest BCUT2D eigenvalue weighted by Crippen LogP contribution is -2.47. The van der Waals surface area contributed by atoms with E-state index in [1.807, 2.05) is 26.0 Å². The minimum Gasteiger partial charge on any atom is -0.464 e. The maximum atomic E-state index is 11.5. The summed E-state index contributed by atoms with van der Waals surface area (Å²) in [5, 5.41) is 9.84. The van der Waals surface area contributed by atoms with Crippen molar-refractivity contribution in [2.75, 3.05) is 6.61 Å². The number of ether oxygens (including phenoxy) is 1. The van der Waals surface area contributed by atoms with Crippen LogP contribution in [0.2, 0.25) is 0 Å². The van der Waals surface area contributed by atoms with Gasteiger partial charge in [0.1, 0.15) is 6.61 Å². The normalized spacial score (nSPS) is 48.8. The smallest absolute Gasteiger partial charge is 0.316 e. The van der Waals surface area contributed by atoms with Crippen LogP contribution in [0.25, 0.3) is 0 Å². The Hall–Kier alpha value is -0.830. The largest absolute Gasteiger partial charge is 0.464 e. The molecule has 72 valence electrons. The van der Waals surface area contributed by atoms with Crippen LogP contribution in [-0.2, 0) is 9.53 Å². The van der Waals surface area contributed by atoms with Gasteiger partial charge in [0.05, 0.1) is 11.5 Å². The van der Waals surface area contributed by atoms with Gasteiger partial charge >= 0.3 is 5.97 Å². The van der Waals surface area contributed by atoms with E-state index in [1.165, 1.54) is 0 Å². The van der Waals surface area contributed by atoms with Gasteiger partial charge in [0.2, 0.25) is 0 Å². The van der Waals surface area contributed by atoms with Crippen LogP contribution in [0.1, 0.15) is 20.3 Å². The summed E-state index contributed by atoms with van der Waals surface area (Å²) < 4.78 is 5.03. The van der Waals surface area contributed by atoms with Gasteiger partial charge in [-0.3, -0.25) is 4.79 Å². The van der Waals surface area contributed by atoms with Crippen LogP contribution in [0.5, 0.6) is 0 Å². The Labute approximate surface area is 77.4 Å². The fourth-order valence-electron chi connectivity index (χ4n) is 2.14. The minimum absolute atomic E-state index is 0.218. The van der Waals surface area contributed by atoms with Gasteiger partial charge in [-0.2, -0.15) is 0 Å². The highest BCUT2D eigenvalue weighted by atomic mass is 16.5. The monoisotopic (exact) mass is 182 g/mol. The zero-order valence-electron chi connectivity index (χ0n) is 7.91. The lowest BCUT2D eigenvalue weighted by molar-refractivity contribution is -0.144. The zero-order valence-corrected chi connectivity index (χ0v) is 7.91. The van der Waals surface area contributed by atoms with Gasteiger partial charge in [0, 0.05) is 5.41 Å². The van der Waals surface area contributed by atoms with Gasteiger partial charge in [-0.1, -0.05) is 19.1 Å². The van der Waals surface area contributed by atoms with Gasteiger partial charge in [-0.25, -0.2) is 0 Å². The van der Waals surface area contributed by atoms with E-state index in [0.29, 0.717) is 13.0 Å². The highest BCUT2D eigenvalue weighted by Gasteiger charge is 2.60. The van der Waals surface area contributed by atoms with E-state index in [4.69, 9.17) is 4.74 Å². The molecular formula is C10H14O3. The molecule has 0 radical (unpaired) electrons. The fraction of sp³-hybridized carbons (Fsp3) is 0.700. The fourth-order valence-corrected chi connectivity index (χ4v) is 2.14. The van der Waals surface area contributed by atoms with Crippen molar-refractivity contribution in [3.05, 3.63) is 12.2 Å². The van der Waals surface area contributed by atoms with Crippen molar-refractivity contribution in [2.24, 2.45) is 10.8 Å². The second-order valence-electron chi connectivity index (χ2n) is 4.35.